The van der Waals surface area contributed by atoms with Gasteiger partial charge in [-0.3, -0.25) is 0 Å². The highest BCUT2D eigenvalue weighted by molar-refractivity contribution is 5.81. The van der Waals surface area contributed by atoms with Crippen LogP contribution in [0.25, 0.3) is 0 Å². The van der Waals surface area contributed by atoms with Crippen molar-refractivity contribution in [2.45, 2.75) is 6.92 Å². The Morgan fingerprint density at radius 3 is 2.31 bits per heavy atom. The zero-order valence-electron chi connectivity index (χ0n) is 7.90. The first-order chi connectivity index (χ1) is 6.24. The average Bonchev–Trinajstić information content (AvgIpc) is 2.05. The fourth-order valence-corrected chi connectivity index (χ4v) is 0.731. The maximum atomic E-state index is 11.0. The molecule has 13 heavy (non-hydrogen) atoms. The molecule has 0 aliphatic carbocycles. The first kappa shape index (κ1) is 11.6. The third-order valence-corrected chi connectivity index (χ3v) is 1.19. The number of rotatable bonds is 6. The summed E-state index contributed by atoms with van der Waals surface area (Å²) in [6.45, 7) is 9.85. The van der Waals surface area contributed by atoms with Gasteiger partial charge in [0.15, 0.2) is 0 Å². The van der Waals surface area contributed by atoms with Crippen LogP contribution in [0.5, 0.6) is 0 Å². The second-order valence-electron chi connectivity index (χ2n) is 2.33. The van der Waals surface area contributed by atoms with Crippen molar-refractivity contribution in [3.63, 3.8) is 0 Å². The van der Waals surface area contributed by atoms with Crippen LogP contribution >= 0.6 is 0 Å². The quantitative estimate of drug-likeness (QED) is 0.355. The zero-order valence-corrected chi connectivity index (χ0v) is 7.90. The molecule has 0 bridgehead atoms. The average molecular weight is 181 g/mol. The number of nitrogens with zero attached hydrogens (tertiary/aromatic N) is 1. The molecule has 0 radical (unpaired) electrons. The Balaban J connectivity index is 3.99. The van der Waals surface area contributed by atoms with E-state index in [1.165, 1.54) is 11.1 Å². The molecule has 0 saturated heterocycles. The van der Waals surface area contributed by atoms with Gasteiger partial charge in [-0.25, -0.2) is 4.79 Å². The molecular formula is C10H15NO2. The minimum Gasteiger partial charge on any atom is -0.364 e. The lowest BCUT2D eigenvalue weighted by atomic mass is 10.5. The summed E-state index contributed by atoms with van der Waals surface area (Å²) in [6.07, 6.45) is 6.31. The molecule has 3 nitrogen and oxygen atoms in total. The summed E-state index contributed by atoms with van der Waals surface area (Å²) >= 11 is 0. The highest BCUT2D eigenvalue weighted by atomic mass is 16.7. The Labute approximate surface area is 78.9 Å². The second kappa shape index (κ2) is 7.31. The van der Waals surface area contributed by atoms with Gasteiger partial charge >= 0.3 is 5.97 Å². The molecule has 0 saturated carbocycles. The summed E-state index contributed by atoms with van der Waals surface area (Å²) in [6, 6.07) is 0. The molecule has 0 aromatic heterocycles. The van der Waals surface area contributed by atoms with E-state index in [9.17, 15) is 4.79 Å². The lowest BCUT2D eigenvalue weighted by molar-refractivity contribution is -0.178. The van der Waals surface area contributed by atoms with Crippen molar-refractivity contribution in [1.82, 2.24) is 5.06 Å². The summed E-state index contributed by atoms with van der Waals surface area (Å²) in [5.74, 6) is -0.383. The minimum atomic E-state index is -0.383. The highest BCUT2D eigenvalue weighted by Gasteiger charge is 2.04. The molecule has 0 unspecified atom stereocenters. The Hall–Kier alpha value is -1.35. The number of hydrogen-bond acceptors (Lipinski definition) is 3. The Bertz CT molecular complexity index is 199. The molecule has 0 aromatic rings. The van der Waals surface area contributed by atoms with E-state index in [-0.39, 0.29) is 5.97 Å². The highest BCUT2D eigenvalue weighted by Crippen LogP contribution is 1.93. The van der Waals surface area contributed by atoms with E-state index >= 15 is 0 Å². The van der Waals surface area contributed by atoms with E-state index in [1.54, 1.807) is 25.2 Å². The predicted octanol–water partition coefficient (Wildman–Crippen LogP) is 1.69. The van der Waals surface area contributed by atoms with Gasteiger partial charge in [0.05, 0.1) is 13.1 Å². The molecular weight excluding hydrogens is 166 g/mol. The molecule has 0 atom stereocenters. The largest absolute Gasteiger partial charge is 0.364 e. The summed E-state index contributed by atoms with van der Waals surface area (Å²) < 4.78 is 0. The van der Waals surface area contributed by atoms with Crippen LogP contribution in [-0.4, -0.2) is 24.1 Å². The van der Waals surface area contributed by atoms with Crippen LogP contribution in [0.3, 0.4) is 0 Å². The van der Waals surface area contributed by atoms with Crippen LogP contribution < -0.4 is 0 Å². The van der Waals surface area contributed by atoms with Crippen LogP contribution in [0.1, 0.15) is 6.92 Å². The predicted molar refractivity (Wildman–Crippen MR) is 52.9 cm³/mol. The molecule has 3 heteroatoms. The molecule has 0 aliphatic heterocycles. The summed E-state index contributed by atoms with van der Waals surface area (Å²) in [5.41, 5.74) is 0. The molecule has 0 fully saturated rings. The first-order valence-corrected chi connectivity index (χ1v) is 4.06. The third kappa shape index (κ3) is 5.87. The fraction of sp³-hybridized carbons (Fsp3) is 0.300. The van der Waals surface area contributed by atoms with Crippen molar-refractivity contribution >= 4 is 5.97 Å². The SMILES string of the molecule is C=CCN(CC=C)OC(=O)/C=C/C. The monoisotopic (exact) mass is 181 g/mol. The molecule has 0 spiro atoms. The van der Waals surface area contributed by atoms with Gasteiger partial charge in [-0.15, -0.1) is 18.2 Å². The van der Waals surface area contributed by atoms with E-state index < -0.39 is 0 Å². The van der Waals surface area contributed by atoms with Crippen LogP contribution in [0.4, 0.5) is 0 Å². The van der Waals surface area contributed by atoms with E-state index in [0.717, 1.165) is 0 Å². The normalized spacial score (nSPS) is 10.3. The smallest absolute Gasteiger partial charge is 0.349 e. The summed E-state index contributed by atoms with van der Waals surface area (Å²) in [7, 11) is 0. The Morgan fingerprint density at radius 2 is 1.92 bits per heavy atom. The van der Waals surface area contributed by atoms with Crippen molar-refractivity contribution < 1.29 is 9.63 Å². The lowest BCUT2D eigenvalue weighted by Crippen LogP contribution is -2.26. The van der Waals surface area contributed by atoms with Gasteiger partial charge in [-0.2, -0.15) is 0 Å². The molecule has 0 rings (SSSR count). The standard InChI is InChI=1S/C10H15NO2/c1-4-7-10(12)13-11(8-5-2)9-6-3/h4-7H,2-3,8-9H2,1H3/b7-4+. The number of carbonyl (C=O) groups excluding carboxylic acids is 1. The molecule has 0 aromatic carbocycles. The molecule has 0 amide bonds. The van der Waals surface area contributed by atoms with E-state index in [0.29, 0.717) is 13.1 Å². The number of carbonyl (C=O) groups is 1. The van der Waals surface area contributed by atoms with E-state index in [4.69, 9.17) is 4.84 Å². The number of hydrogen-bond donors (Lipinski definition) is 0. The third-order valence-electron chi connectivity index (χ3n) is 1.19. The molecule has 0 heterocycles. The maximum absolute atomic E-state index is 11.0. The number of allylic oxidation sites excluding steroid dienone is 1. The van der Waals surface area contributed by atoms with Crippen LogP contribution in [0.15, 0.2) is 37.5 Å². The second-order valence-corrected chi connectivity index (χ2v) is 2.33. The first-order valence-electron chi connectivity index (χ1n) is 4.06. The topological polar surface area (TPSA) is 29.5 Å². The maximum Gasteiger partial charge on any atom is 0.349 e. The molecule has 72 valence electrons. The van der Waals surface area contributed by atoms with E-state index in [2.05, 4.69) is 13.2 Å². The summed E-state index contributed by atoms with van der Waals surface area (Å²) in [4.78, 5) is 15.9. The van der Waals surface area contributed by atoms with Crippen molar-refractivity contribution in [1.29, 1.82) is 0 Å². The Kier molecular flexibility index (Phi) is 6.55. The number of hydroxylamine groups is 2. The van der Waals surface area contributed by atoms with Gasteiger partial charge in [0.1, 0.15) is 0 Å². The summed E-state index contributed by atoms with van der Waals surface area (Å²) in [5, 5.41) is 1.47. The van der Waals surface area contributed by atoms with E-state index in [1.807, 2.05) is 0 Å². The van der Waals surface area contributed by atoms with Crippen molar-refractivity contribution in [3.05, 3.63) is 37.5 Å². The van der Waals surface area contributed by atoms with Crippen LogP contribution in [0, 0.1) is 0 Å². The van der Waals surface area contributed by atoms with Gasteiger partial charge < -0.3 is 4.84 Å². The van der Waals surface area contributed by atoms with Gasteiger partial charge in [-0.05, 0) is 6.92 Å². The van der Waals surface area contributed by atoms with Crippen molar-refractivity contribution in [2.75, 3.05) is 13.1 Å². The Morgan fingerprint density at radius 1 is 1.38 bits per heavy atom. The van der Waals surface area contributed by atoms with Gasteiger partial charge in [0.25, 0.3) is 0 Å². The zero-order chi connectivity index (χ0) is 10.1. The lowest BCUT2D eigenvalue weighted by Gasteiger charge is -2.16. The minimum absolute atomic E-state index is 0.383. The van der Waals surface area contributed by atoms with Gasteiger partial charge in [0, 0.05) is 6.08 Å². The molecule has 0 aliphatic rings. The molecule has 0 N–H and O–H groups in total. The van der Waals surface area contributed by atoms with Crippen molar-refractivity contribution in [3.8, 4) is 0 Å². The fourth-order valence-electron chi connectivity index (χ4n) is 0.731. The van der Waals surface area contributed by atoms with Gasteiger partial charge in [0.2, 0.25) is 0 Å². The van der Waals surface area contributed by atoms with Crippen LogP contribution in [0.2, 0.25) is 0 Å². The van der Waals surface area contributed by atoms with Gasteiger partial charge in [-0.1, -0.05) is 18.2 Å². The van der Waals surface area contributed by atoms with Crippen molar-refractivity contribution in [2.24, 2.45) is 0 Å². The van der Waals surface area contributed by atoms with Crippen LogP contribution in [-0.2, 0) is 9.63 Å².